The molecule has 1 aromatic rings. The largest absolute Gasteiger partial charge is 0.416 e. The molecule has 0 radical (unpaired) electrons. The van der Waals surface area contributed by atoms with E-state index in [1.807, 2.05) is 6.07 Å². The second-order valence-corrected chi connectivity index (χ2v) is 5.76. The third kappa shape index (κ3) is 2.84. The Morgan fingerprint density at radius 1 is 1.24 bits per heavy atom. The minimum atomic E-state index is -4.42. The molecule has 4 rings (SSSR count). The van der Waals surface area contributed by atoms with Crippen LogP contribution in [0.2, 0.25) is 0 Å². The van der Waals surface area contributed by atoms with Gasteiger partial charge in [-0.05, 0) is 50.0 Å². The Kier molecular flexibility index (Phi) is 3.54. The molecule has 2 bridgehead atoms. The quantitative estimate of drug-likeness (QED) is 0.911. The van der Waals surface area contributed by atoms with E-state index in [9.17, 15) is 13.2 Å². The van der Waals surface area contributed by atoms with Gasteiger partial charge in [0.05, 0.1) is 16.8 Å². The topological polar surface area (TPSA) is 39.1 Å². The maximum atomic E-state index is 12.7. The minimum absolute atomic E-state index is 0.0567. The van der Waals surface area contributed by atoms with Gasteiger partial charge in [-0.15, -0.1) is 0 Å². The van der Waals surface area contributed by atoms with E-state index in [0.717, 1.165) is 44.6 Å². The number of hydrogen-bond donors (Lipinski definition) is 1. The van der Waals surface area contributed by atoms with E-state index in [2.05, 4.69) is 10.2 Å². The summed E-state index contributed by atoms with van der Waals surface area (Å²) in [6.07, 6.45) is -2.19. The number of anilines is 1. The molecule has 0 aromatic heterocycles. The fourth-order valence-corrected chi connectivity index (χ4v) is 3.27. The normalized spacial score (nSPS) is 28.2. The number of nitrogens with zero attached hydrogens (tertiary/aromatic N) is 2. The lowest BCUT2D eigenvalue weighted by Crippen LogP contribution is -2.53. The lowest BCUT2D eigenvalue weighted by atomic mass is 9.84. The molecule has 1 unspecified atom stereocenters. The summed E-state index contributed by atoms with van der Waals surface area (Å²) < 4.78 is 38.0. The molecule has 21 heavy (non-hydrogen) atoms. The predicted molar refractivity (Wildman–Crippen MR) is 72.7 cm³/mol. The summed E-state index contributed by atoms with van der Waals surface area (Å²) >= 11 is 0. The van der Waals surface area contributed by atoms with Gasteiger partial charge in [0.15, 0.2) is 0 Å². The summed E-state index contributed by atoms with van der Waals surface area (Å²) in [7, 11) is 0. The van der Waals surface area contributed by atoms with Crippen molar-refractivity contribution in [1.29, 1.82) is 5.26 Å². The molecular weight excluding hydrogens is 279 g/mol. The van der Waals surface area contributed by atoms with Gasteiger partial charge < -0.3 is 10.2 Å². The van der Waals surface area contributed by atoms with Crippen LogP contribution in [0.5, 0.6) is 0 Å². The predicted octanol–water partition coefficient (Wildman–Crippen LogP) is 3.08. The molecule has 1 aromatic carbocycles. The average molecular weight is 295 g/mol. The lowest BCUT2D eigenvalue weighted by molar-refractivity contribution is -0.137. The van der Waals surface area contributed by atoms with Crippen LogP contribution in [0.3, 0.4) is 0 Å². The van der Waals surface area contributed by atoms with Gasteiger partial charge in [0.1, 0.15) is 6.07 Å². The highest BCUT2D eigenvalue weighted by Crippen LogP contribution is 2.34. The molecule has 6 heteroatoms. The molecule has 0 spiro atoms. The van der Waals surface area contributed by atoms with Crippen LogP contribution in [-0.2, 0) is 6.18 Å². The van der Waals surface area contributed by atoms with Crippen LogP contribution in [0, 0.1) is 17.2 Å². The highest BCUT2D eigenvalue weighted by atomic mass is 19.4. The number of piperidine rings is 3. The van der Waals surface area contributed by atoms with Crippen molar-refractivity contribution in [3.63, 3.8) is 0 Å². The molecule has 0 amide bonds. The summed E-state index contributed by atoms with van der Waals surface area (Å²) in [6, 6.07) is 5.41. The van der Waals surface area contributed by atoms with Crippen LogP contribution in [-0.4, -0.2) is 30.6 Å². The zero-order chi connectivity index (χ0) is 15.0. The van der Waals surface area contributed by atoms with Crippen LogP contribution < -0.4 is 5.32 Å². The van der Waals surface area contributed by atoms with E-state index in [1.165, 1.54) is 6.07 Å². The maximum Gasteiger partial charge on any atom is 0.416 e. The molecule has 0 aliphatic carbocycles. The zero-order valence-corrected chi connectivity index (χ0v) is 11.5. The van der Waals surface area contributed by atoms with Gasteiger partial charge in [0.25, 0.3) is 0 Å². The van der Waals surface area contributed by atoms with E-state index < -0.39 is 11.7 Å². The molecule has 1 N–H and O–H groups in total. The summed E-state index contributed by atoms with van der Waals surface area (Å²) in [6.45, 7) is 3.10. The second kappa shape index (κ2) is 5.23. The molecule has 3 heterocycles. The first-order chi connectivity index (χ1) is 9.97. The summed E-state index contributed by atoms with van der Waals surface area (Å²) in [5.41, 5.74) is -0.218. The van der Waals surface area contributed by atoms with Crippen LogP contribution in [0.1, 0.15) is 24.0 Å². The number of fused-ring (bicyclic) bond motifs is 3. The highest BCUT2D eigenvalue weighted by Gasteiger charge is 2.35. The molecular formula is C15H16F3N3. The smallest absolute Gasteiger partial charge is 0.380 e. The standard InChI is InChI=1S/C15H16F3N3/c16-15(17,18)12-1-2-13(11(7-12)8-19)20-14-9-21-5-3-10(14)4-6-21/h1-2,7,10,14,20H,3-6,9H2. The fourth-order valence-electron chi connectivity index (χ4n) is 3.27. The van der Waals surface area contributed by atoms with Crippen molar-refractivity contribution in [3.8, 4) is 6.07 Å². The van der Waals surface area contributed by atoms with Crippen molar-refractivity contribution >= 4 is 5.69 Å². The monoisotopic (exact) mass is 295 g/mol. The molecule has 3 aliphatic rings. The van der Waals surface area contributed by atoms with Crippen LogP contribution >= 0.6 is 0 Å². The van der Waals surface area contributed by atoms with Crippen molar-refractivity contribution < 1.29 is 13.2 Å². The number of hydrogen-bond acceptors (Lipinski definition) is 3. The van der Waals surface area contributed by atoms with Crippen molar-refractivity contribution in [2.45, 2.75) is 25.1 Å². The van der Waals surface area contributed by atoms with E-state index in [1.54, 1.807) is 0 Å². The number of rotatable bonds is 2. The third-order valence-electron chi connectivity index (χ3n) is 4.46. The SMILES string of the molecule is N#Cc1cc(C(F)(F)F)ccc1NC1CN2CCC1CC2. The number of benzene rings is 1. The third-order valence-corrected chi connectivity index (χ3v) is 4.46. The minimum Gasteiger partial charge on any atom is -0.380 e. The Hall–Kier alpha value is -1.74. The molecule has 3 aliphatic heterocycles. The van der Waals surface area contributed by atoms with Gasteiger partial charge >= 0.3 is 6.18 Å². The summed E-state index contributed by atoms with van der Waals surface area (Å²) in [4.78, 5) is 2.35. The molecule has 0 saturated carbocycles. The Morgan fingerprint density at radius 2 is 1.95 bits per heavy atom. The molecule has 3 nitrogen and oxygen atoms in total. The van der Waals surface area contributed by atoms with Crippen molar-refractivity contribution in [2.24, 2.45) is 5.92 Å². The van der Waals surface area contributed by atoms with Gasteiger partial charge in [0, 0.05) is 12.6 Å². The second-order valence-electron chi connectivity index (χ2n) is 5.76. The Labute approximate surface area is 121 Å². The number of nitrogens with one attached hydrogen (secondary N) is 1. The summed E-state index contributed by atoms with van der Waals surface area (Å²) in [5, 5.41) is 12.4. The van der Waals surface area contributed by atoms with Crippen molar-refractivity contribution in [2.75, 3.05) is 25.0 Å². The first kappa shape index (κ1) is 14.2. The maximum absolute atomic E-state index is 12.7. The Bertz CT molecular complexity index is 569. The van der Waals surface area contributed by atoms with E-state index in [4.69, 9.17) is 5.26 Å². The van der Waals surface area contributed by atoms with Crippen LogP contribution in [0.15, 0.2) is 18.2 Å². The van der Waals surface area contributed by atoms with E-state index >= 15 is 0 Å². The Balaban J connectivity index is 1.81. The number of alkyl halides is 3. The lowest BCUT2D eigenvalue weighted by Gasteiger charge is -2.45. The fraction of sp³-hybridized carbons (Fsp3) is 0.533. The highest BCUT2D eigenvalue weighted by molar-refractivity contribution is 5.59. The van der Waals surface area contributed by atoms with Crippen LogP contribution in [0.4, 0.5) is 18.9 Å². The van der Waals surface area contributed by atoms with Gasteiger partial charge in [0.2, 0.25) is 0 Å². The Morgan fingerprint density at radius 3 is 2.48 bits per heavy atom. The zero-order valence-electron chi connectivity index (χ0n) is 11.5. The van der Waals surface area contributed by atoms with Crippen LogP contribution in [0.25, 0.3) is 0 Å². The van der Waals surface area contributed by atoms with Crippen molar-refractivity contribution in [1.82, 2.24) is 4.90 Å². The van der Waals surface area contributed by atoms with E-state index in [-0.39, 0.29) is 11.6 Å². The van der Waals surface area contributed by atoms with Gasteiger partial charge in [-0.1, -0.05) is 0 Å². The van der Waals surface area contributed by atoms with E-state index in [0.29, 0.717) is 11.6 Å². The van der Waals surface area contributed by atoms with Gasteiger partial charge in [-0.2, -0.15) is 18.4 Å². The summed E-state index contributed by atoms with van der Waals surface area (Å²) in [5.74, 6) is 0.545. The number of nitriles is 1. The first-order valence-electron chi connectivity index (χ1n) is 7.07. The molecule has 1 atom stereocenters. The van der Waals surface area contributed by atoms with Gasteiger partial charge in [-0.25, -0.2) is 0 Å². The average Bonchev–Trinajstić information content (AvgIpc) is 2.48. The molecule has 3 saturated heterocycles. The first-order valence-corrected chi connectivity index (χ1v) is 7.07. The van der Waals surface area contributed by atoms with Crippen molar-refractivity contribution in [3.05, 3.63) is 29.3 Å². The number of halogens is 3. The molecule has 112 valence electrons. The molecule has 3 fully saturated rings. The van der Waals surface area contributed by atoms with Gasteiger partial charge in [-0.3, -0.25) is 0 Å².